The number of rotatable bonds is 3. The van der Waals surface area contributed by atoms with E-state index in [-0.39, 0.29) is 0 Å². The highest BCUT2D eigenvalue weighted by atomic mass is 79.9. The number of ether oxygens (including phenoxy) is 1. The van der Waals surface area contributed by atoms with Crippen molar-refractivity contribution in [3.05, 3.63) is 34.2 Å². The molecule has 102 valence electrons. The first kappa shape index (κ1) is 14.1. The number of halogens is 1. The predicted octanol–water partition coefficient (Wildman–Crippen LogP) is 4.29. The lowest BCUT2D eigenvalue weighted by molar-refractivity contribution is 0.415. The summed E-state index contributed by atoms with van der Waals surface area (Å²) >= 11 is 3.53. The molecule has 0 radical (unpaired) electrons. The molecule has 0 aliphatic carbocycles. The topological polar surface area (TPSA) is 27.1 Å². The fourth-order valence-electron chi connectivity index (χ4n) is 2.12. The van der Waals surface area contributed by atoms with Crippen LogP contribution in [0.1, 0.15) is 31.2 Å². The molecule has 1 aromatic carbocycles. The lowest BCUT2D eigenvalue weighted by Crippen LogP contribution is -1.98. The molecule has 0 saturated heterocycles. The number of benzene rings is 1. The first-order valence-corrected chi connectivity index (χ1v) is 7.12. The lowest BCUT2D eigenvalue weighted by atomic mass is 10.00. The second-order valence-corrected chi connectivity index (χ2v) is 5.72. The molecule has 0 amide bonds. The second kappa shape index (κ2) is 5.37. The van der Waals surface area contributed by atoms with Gasteiger partial charge in [0.1, 0.15) is 16.2 Å². The van der Waals surface area contributed by atoms with E-state index in [4.69, 9.17) is 4.74 Å². The van der Waals surface area contributed by atoms with E-state index in [2.05, 4.69) is 57.5 Å². The SMILES string of the molecule is COc1cc(C(C)C)ccc1-c1c(Br)nc(C)n1C. The van der Waals surface area contributed by atoms with E-state index in [1.54, 1.807) is 7.11 Å². The molecule has 0 aliphatic heterocycles. The van der Waals surface area contributed by atoms with Crippen molar-refractivity contribution in [2.24, 2.45) is 7.05 Å². The van der Waals surface area contributed by atoms with Gasteiger partial charge in [-0.05, 0) is 46.5 Å². The Bertz CT molecular complexity index is 602. The molecule has 19 heavy (non-hydrogen) atoms. The van der Waals surface area contributed by atoms with Gasteiger partial charge in [0.2, 0.25) is 0 Å². The smallest absolute Gasteiger partial charge is 0.132 e. The molecule has 2 aromatic rings. The van der Waals surface area contributed by atoms with Crippen LogP contribution < -0.4 is 4.74 Å². The summed E-state index contributed by atoms with van der Waals surface area (Å²) in [6, 6.07) is 6.36. The Morgan fingerprint density at radius 2 is 2.00 bits per heavy atom. The Kier molecular flexibility index (Phi) is 3.99. The van der Waals surface area contributed by atoms with Crippen molar-refractivity contribution in [2.45, 2.75) is 26.7 Å². The third-order valence-corrected chi connectivity index (χ3v) is 3.98. The van der Waals surface area contributed by atoms with Crippen molar-refractivity contribution < 1.29 is 4.74 Å². The molecule has 0 N–H and O–H groups in total. The minimum atomic E-state index is 0.486. The van der Waals surface area contributed by atoms with Gasteiger partial charge in [0.25, 0.3) is 0 Å². The van der Waals surface area contributed by atoms with Crippen molar-refractivity contribution in [2.75, 3.05) is 7.11 Å². The maximum Gasteiger partial charge on any atom is 0.132 e. The minimum Gasteiger partial charge on any atom is -0.496 e. The third-order valence-electron chi connectivity index (χ3n) is 3.42. The summed E-state index contributed by atoms with van der Waals surface area (Å²) in [5, 5.41) is 0. The third kappa shape index (κ3) is 2.54. The van der Waals surface area contributed by atoms with Crippen LogP contribution in [0.4, 0.5) is 0 Å². The monoisotopic (exact) mass is 322 g/mol. The van der Waals surface area contributed by atoms with Crippen LogP contribution in [0.25, 0.3) is 11.3 Å². The van der Waals surface area contributed by atoms with Gasteiger partial charge in [0, 0.05) is 12.6 Å². The zero-order valence-electron chi connectivity index (χ0n) is 12.0. The largest absolute Gasteiger partial charge is 0.496 e. The number of hydrogen-bond donors (Lipinski definition) is 0. The molecule has 0 unspecified atom stereocenters. The van der Waals surface area contributed by atoms with Crippen molar-refractivity contribution in [3.8, 4) is 17.0 Å². The van der Waals surface area contributed by atoms with Crippen molar-refractivity contribution in [3.63, 3.8) is 0 Å². The van der Waals surface area contributed by atoms with Crippen LogP contribution in [0.2, 0.25) is 0 Å². The second-order valence-electron chi connectivity index (χ2n) is 4.97. The molecule has 3 nitrogen and oxygen atoms in total. The van der Waals surface area contributed by atoms with Crippen LogP contribution in [0.3, 0.4) is 0 Å². The molecule has 0 fully saturated rings. The Labute approximate surface area is 122 Å². The van der Waals surface area contributed by atoms with Gasteiger partial charge >= 0.3 is 0 Å². The Balaban J connectivity index is 2.62. The van der Waals surface area contributed by atoms with Gasteiger partial charge in [0.15, 0.2) is 0 Å². The van der Waals surface area contributed by atoms with Crippen molar-refractivity contribution in [1.29, 1.82) is 0 Å². The average molecular weight is 323 g/mol. The number of nitrogens with zero attached hydrogens (tertiary/aromatic N) is 2. The van der Waals surface area contributed by atoms with E-state index < -0.39 is 0 Å². The van der Waals surface area contributed by atoms with Crippen LogP contribution in [-0.2, 0) is 7.05 Å². The highest BCUT2D eigenvalue weighted by molar-refractivity contribution is 9.10. The summed E-state index contributed by atoms with van der Waals surface area (Å²) in [7, 11) is 3.72. The van der Waals surface area contributed by atoms with Gasteiger partial charge in [-0.25, -0.2) is 4.98 Å². The quantitative estimate of drug-likeness (QED) is 0.842. The highest BCUT2D eigenvalue weighted by Crippen LogP contribution is 2.36. The normalized spacial score (nSPS) is 11.1. The van der Waals surface area contributed by atoms with Gasteiger partial charge in [0.05, 0.1) is 12.8 Å². The average Bonchev–Trinajstić information content (AvgIpc) is 2.62. The van der Waals surface area contributed by atoms with Crippen LogP contribution in [-0.4, -0.2) is 16.7 Å². The fourth-order valence-corrected chi connectivity index (χ4v) is 2.86. The summed E-state index contributed by atoms with van der Waals surface area (Å²) in [4.78, 5) is 4.44. The zero-order valence-corrected chi connectivity index (χ0v) is 13.6. The standard InChI is InChI=1S/C15H19BrN2O/c1-9(2)11-6-7-12(13(8-11)19-5)14-15(16)17-10(3)18(14)4/h6-9H,1-5H3. The van der Waals surface area contributed by atoms with Crippen LogP contribution in [0.5, 0.6) is 5.75 Å². The van der Waals surface area contributed by atoms with E-state index in [0.29, 0.717) is 5.92 Å². The lowest BCUT2D eigenvalue weighted by Gasteiger charge is -2.13. The molecule has 2 rings (SSSR count). The molecule has 1 aromatic heterocycles. The van der Waals surface area contributed by atoms with Gasteiger partial charge in [-0.15, -0.1) is 0 Å². The molecular weight excluding hydrogens is 304 g/mol. The molecule has 0 aliphatic rings. The molecule has 0 bridgehead atoms. The van der Waals surface area contributed by atoms with Gasteiger partial charge in [-0.1, -0.05) is 19.9 Å². The number of hydrogen-bond acceptors (Lipinski definition) is 2. The number of aryl methyl sites for hydroxylation is 1. The number of methoxy groups -OCH3 is 1. The Morgan fingerprint density at radius 1 is 1.32 bits per heavy atom. The van der Waals surface area contributed by atoms with Crippen molar-refractivity contribution >= 4 is 15.9 Å². The first-order valence-electron chi connectivity index (χ1n) is 6.32. The molecule has 0 spiro atoms. The summed E-state index contributed by atoms with van der Waals surface area (Å²) in [6.07, 6.45) is 0. The van der Waals surface area contributed by atoms with Crippen LogP contribution >= 0.6 is 15.9 Å². The molecule has 0 atom stereocenters. The highest BCUT2D eigenvalue weighted by Gasteiger charge is 2.17. The molecular formula is C15H19BrN2O. The van der Waals surface area contributed by atoms with E-state index in [0.717, 1.165) is 27.4 Å². The summed E-state index contributed by atoms with van der Waals surface area (Å²) in [5.74, 6) is 2.34. The van der Waals surface area contributed by atoms with E-state index in [1.165, 1.54) is 5.56 Å². The van der Waals surface area contributed by atoms with Gasteiger partial charge in [-0.2, -0.15) is 0 Å². The predicted molar refractivity (Wildman–Crippen MR) is 81.7 cm³/mol. The maximum atomic E-state index is 5.55. The number of aromatic nitrogens is 2. The molecule has 0 saturated carbocycles. The van der Waals surface area contributed by atoms with Gasteiger partial charge < -0.3 is 9.30 Å². The summed E-state index contributed by atoms with van der Waals surface area (Å²) < 4.78 is 8.46. The minimum absolute atomic E-state index is 0.486. The van der Waals surface area contributed by atoms with E-state index in [1.807, 2.05) is 14.0 Å². The molecule has 4 heteroatoms. The Hall–Kier alpha value is -1.29. The van der Waals surface area contributed by atoms with E-state index >= 15 is 0 Å². The Morgan fingerprint density at radius 3 is 2.47 bits per heavy atom. The van der Waals surface area contributed by atoms with E-state index in [9.17, 15) is 0 Å². The zero-order chi connectivity index (χ0) is 14.2. The van der Waals surface area contributed by atoms with Crippen molar-refractivity contribution in [1.82, 2.24) is 9.55 Å². The molecule has 1 heterocycles. The summed E-state index contributed by atoms with van der Waals surface area (Å²) in [5.41, 5.74) is 3.38. The fraction of sp³-hybridized carbons (Fsp3) is 0.400. The van der Waals surface area contributed by atoms with Crippen LogP contribution in [0, 0.1) is 6.92 Å². The summed E-state index contributed by atoms with van der Waals surface area (Å²) in [6.45, 7) is 6.35. The van der Waals surface area contributed by atoms with Gasteiger partial charge in [-0.3, -0.25) is 0 Å². The first-order chi connectivity index (χ1) is 8.95. The van der Waals surface area contributed by atoms with Crippen LogP contribution in [0.15, 0.2) is 22.8 Å². The maximum absolute atomic E-state index is 5.55. The number of imidazole rings is 1.